The molecular formula is C15H19NO3. The minimum atomic E-state index is -0.889. The third-order valence-electron chi connectivity index (χ3n) is 4.57. The van der Waals surface area contributed by atoms with Gasteiger partial charge in [-0.15, -0.1) is 0 Å². The van der Waals surface area contributed by atoms with Gasteiger partial charge in [-0.05, 0) is 18.6 Å². The average molecular weight is 261 g/mol. The molecule has 1 saturated heterocycles. The summed E-state index contributed by atoms with van der Waals surface area (Å²) in [6, 6.07) is 7.37. The van der Waals surface area contributed by atoms with Gasteiger partial charge in [0.05, 0.1) is 11.7 Å². The quantitative estimate of drug-likeness (QED) is 0.878. The maximum atomic E-state index is 11.2. The summed E-state index contributed by atoms with van der Waals surface area (Å²) < 4.78 is 5.76. The van der Waals surface area contributed by atoms with Gasteiger partial charge in [0.25, 0.3) is 0 Å². The number of carboxylic acid groups (broad SMARTS) is 1. The van der Waals surface area contributed by atoms with Gasteiger partial charge in [-0.25, -0.2) is 4.79 Å². The summed E-state index contributed by atoms with van der Waals surface area (Å²) in [6.07, 6.45) is 1.36. The number of anilines is 1. The van der Waals surface area contributed by atoms with Crippen LogP contribution in [0.4, 0.5) is 5.69 Å². The largest absolute Gasteiger partial charge is 0.478 e. The van der Waals surface area contributed by atoms with E-state index in [4.69, 9.17) is 4.74 Å². The molecule has 1 aliphatic carbocycles. The first-order valence-electron chi connectivity index (χ1n) is 6.72. The number of benzene rings is 1. The summed E-state index contributed by atoms with van der Waals surface area (Å²) in [5.74, 6) is -0.392. The molecule has 3 atom stereocenters. The summed E-state index contributed by atoms with van der Waals surface area (Å²) in [6.45, 7) is 5.18. The van der Waals surface area contributed by atoms with Gasteiger partial charge in [0.1, 0.15) is 0 Å². The predicted octanol–water partition coefficient (Wildman–Crippen LogP) is 2.61. The van der Waals surface area contributed by atoms with Crippen molar-refractivity contribution in [3.63, 3.8) is 0 Å². The van der Waals surface area contributed by atoms with E-state index in [-0.39, 0.29) is 11.5 Å². The molecule has 102 valence electrons. The molecule has 1 saturated carbocycles. The number of carboxylic acids is 1. The van der Waals surface area contributed by atoms with Crippen LogP contribution in [0.3, 0.4) is 0 Å². The number of hydrogen-bond acceptors (Lipinski definition) is 3. The fourth-order valence-corrected chi connectivity index (χ4v) is 3.58. The summed E-state index contributed by atoms with van der Waals surface area (Å²) in [5, 5.41) is 12.7. The number of ether oxygens (including phenoxy) is 1. The number of aromatic carboxylic acids is 1. The van der Waals surface area contributed by atoms with E-state index in [2.05, 4.69) is 19.2 Å². The maximum absolute atomic E-state index is 11.2. The van der Waals surface area contributed by atoms with E-state index < -0.39 is 5.97 Å². The fourth-order valence-electron chi connectivity index (χ4n) is 3.58. The van der Waals surface area contributed by atoms with Crippen LogP contribution in [0.5, 0.6) is 0 Å². The molecule has 2 fully saturated rings. The van der Waals surface area contributed by atoms with Crippen molar-refractivity contribution < 1.29 is 14.6 Å². The summed E-state index contributed by atoms with van der Waals surface area (Å²) in [4.78, 5) is 11.2. The predicted molar refractivity (Wildman–Crippen MR) is 72.4 cm³/mol. The first-order chi connectivity index (χ1) is 9.01. The Labute approximate surface area is 112 Å². The smallest absolute Gasteiger partial charge is 0.337 e. The van der Waals surface area contributed by atoms with E-state index in [1.54, 1.807) is 12.1 Å². The highest BCUT2D eigenvalue weighted by Crippen LogP contribution is 2.53. The molecule has 2 N–H and O–H groups in total. The van der Waals surface area contributed by atoms with Gasteiger partial charge in [-0.2, -0.15) is 0 Å². The lowest BCUT2D eigenvalue weighted by molar-refractivity contribution is -0.0923. The molecule has 1 aromatic carbocycles. The molecule has 0 aromatic heterocycles. The molecule has 4 heteroatoms. The minimum Gasteiger partial charge on any atom is -0.478 e. The molecule has 0 bridgehead atoms. The SMILES string of the molecule is CC1(C)C(Nc2ccccc2C(=O)O)C2CCOC21. The van der Waals surface area contributed by atoms with E-state index in [9.17, 15) is 9.90 Å². The highest BCUT2D eigenvalue weighted by Gasteiger charge is 2.59. The maximum Gasteiger partial charge on any atom is 0.337 e. The third kappa shape index (κ3) is 1.82. The number of nitrogens with one attached hydrogen (secondary N) is 1. The van der Waals surface area contributed by atoms with Gasteiger partial charge < -0.3 is 15.2 Å². The molecule has 19 heavy (non-hydrogen) atoms. The van der Waals surface area contributed by atoms with Gasteiger partial charge in [-0.3, -0.25) is 0 Å². The first kappa shape index (κ1) is 12.5. The minimum absolute atomic E-state index is 0.0484. The topological polar surface area (TPSA) is 58.6 Å². The van der Waals surface area contributed by atoms with Crippen LogP contribution in [0.15, 0.2) is 24.3 Å². The summed E-state index contributed by atoms with van der Waals surface area (Å²) in [5.41, 5.74) is 1.09. The van der Waals surface area contributed by atoms with Gasteiger partial charge in [0.15, 0.2) is 0 Å². The second-order valence-corrected chi connectivity index (χ2v) is 6.04. The van der Waals surface area contributed by atoms with Crippen molar-refractivity contribution in [1.29, 1.82) is 0 Å². The molecule has 2 aliphatic rings. The molecule has 3 rings (SSSR count). The molecule has 0 radical (unpaired) electrons. The lowest BCUT2D eigenvalue weighted by Gasteiger charge is -2.55. The monoisotopic (exact) mass is 261 g/mol. The molecule has 3 unspecified atom stereocenters. The number of fused-ring (bicyclic) bond motifs is 1. The highest BCUT2D eigenvalue weighted by molar-refractivity contribution is 5.94. The Bertz CT molecular complexity index is 512. The number of carbonyl (C=O) groups is 1. The Hall–Kier alpha value is -1.55. The van der Waals surface area contributed by atoms with Crippen LogP contribution in [0.25, 0.3) is 0 Å². The lowest BCUT2D eigenvalue weighted by Crippen LogP contribution is -2.63. The number of rotatable bonds is 3. The fraction of sp³-hybridized carbons (Fsp3) is 0.533. The molecule has 0 spiro atoms. The van der Waals surface area contributed by atoms with Crippen molar-refractivity contribution in [3.05, 3.63) is 29.8 Å². The Kier molecular flexibility index (Phi) is 2.78. The Morgan fingerprint density at radius 1 is 1.42 bits per heavy atom. The third-order valence-corrected chi connectivity index (χ3v) is 4.57. The highest BCUT2D eigenvalue weighted by atomic mass is 16.5. The van der Waals surface area contributed by atoms with E-state index in [0.717, 1.165) is 13.0 Å². The second kappa shape index (κ2) is 4.23. The van der Waals surface area contributed by atoms with Crippen molar-refractivity contribution in [2.24, 2.45) is 11.3 Å². The molecular weight excluding hydrogens is 242 g/mol. The number of para-hydroxylation sites is 1. The van der Waals surface area contributed by atoms with E-state index >= 15 is 0 Å². The zero-order valence-electron chi connectivity index (χ0n) is 11.2. The van der Waals surface area contributed by atoms with Gasteiger partial charge in [-0.1, -0.05) is 26.0 Å². The van der Waals surface area contributed by atoms with Crippen LogP contribution in [0.2, 0.25) is 0 Å². The lowest BCUT2D eigenvalue weighted by atomic mass is 9.57. The van der Waals surface area contributed by atoms with Crippen LogP contribution < -0.4 is 5.32 Å². The summed E-state index contributed by atoms with van der Waals surface area (Å²) >= 11 is 0. The van der Waals surface area contributed by atoms with Gasteiger partial charge >= 0.3 is 5.97 Å². The Morgan fingerprint density at radius 3 is 2.89 bits per heavy atom. The summed E-state index contributed by atoms with van der Waals surface area (Å²) in [7, 11) is 0. The van der Waals surface area contributed by atoms with Crippen molar-refractivity contribution >= 4 is 11.7 Å². The Balaban J connectivity index is 1.84. The average Bonchev–Trinajstić information content (AvgIpc) is 2.83. The van der Waals surface area contributed by atoms with Crippen LogP contribution in [0, 0.1) is 11.3 Å². The molecule has 4 nitrogen and oxygen atoms in total. The van der Waals surface area contributed by atoms with Crippen molar-refractivity contribution in [1.82, 2.24) is 0 Å². The van der Waals surface area contributed by atoms with E-state index in [1.807, 2.05) is 12.1 Å². The van der Waals surface area contributed by atoms with Crippen molar-refractivity contribution in [2.45, 2.75) is 32.4 Å². The second-order valence-electron chi connectivity index (χ2n) is 6.04. The zero-order chi connectivity index (χ0) is 13.6. The molecule has 1 heterocycles. The van der Waals surface area contributed by atoms with Gasteiger partial charge in [0, 0.05) is 29.7 Å². The Morgan fingerprint density at radius 2 is 2.16 bits per heavy atom. The zero-order valence-corrected chi connectivity index (χ0v) is 11.2. The standard InChI is InChI=1S/C15H19NO3/c1-15(2)12(10-7-8-19-13(10)15)16-11-6-4-3-5-9(11)14(17)18/h3-6,10,12-13,16H,7-8H2,1-2H3,(H,17,18). The van der Waals surface area contributed by atoms with Crippen molar-refractivity contribution in [2.75, 3.05) is 11.9 Å². The number of hydrogen-bond donors (Lipinski definition) is 2. The molecule has 1 aliphatic heterocycles. The van der Waals surface area contributed by atoms with E-state index in [1.165, 1.54) is 0 Å². The van der Waals surface area contributed by atoms with E-state index in [0.29, 0.717) is 23.3 Å². The van der Waals surface area contributed by atoms with Gasteiger partial charge in [0.2, 0.25) is 0 Å². The van der Waals surface area contributed by atoms with Crippen LogP contribution in [-0.4, -0.2) is 29.8 Å². The molecule has 0 amide bonds. The van der Waals surface area contributed by atoms with Crippen LogP contribution in [0.1, 0.15) is 30.6 Å². The molecule has 1 aromatic rings. The van der Waals surface area contributed by atoms with Crippen LogP contribution in [-0.2, 0) is 4.74 Å². The van der Waals surface area contributed by atoms with Crippen molar-refractivity contribution in [3.8, 4) is 0 Å². The first-order valence-corrected chi connectivity index (χ1v) is 6.72. The van der Waals surface area contributed by atoms with Crippen LogP contribution >= 0.6 is 0 Å². The normalized spacial score (nSPS) is 31.4.